The zero-order chi connectivity index (χ0) is 9.68. The Morgan fingerprint density at radius 2 is 2.54 bits per heavy atom. The molecule has 0 saturated carbocycles. The molecule has 1 heterocycles. The second-order valence-corrected chi connectivity index (χ2v) is 3.26. The number of anilines is 1. The zero-order valence-electron chi connectivity index (χ0n) is 7.20. The van der Waals surface area contributed by atoms with Crippen LogP contribution in [-0.2, 0) is 0 Å². The van der Waals surface area contributed by atoms with Crippen molar-refractivity contribution < 1.29 is 9.90 Å². The molecule has 0 aliphatic carbocycles. The highest BCUT2D eigenvalue weighted by Crippen LogP contribution is 2.13. The number of rotatable bonds is 3. The summed E-state index contributed by atoms with van der Waals surface area (Å²) in [6, 6.07) is -0.344. The van der Waals surface area contributed by atoms with Crippen molar-refractivity contribution in [1.82, 2.24) is 10.3 Å². The van der Waals surface area contributed by atoms with Crippen LogP contribution in [0.1, 0.15) is 5.69 Å². The number of hydrogen-bond donors (Lipinski definition) is 3. The normalized spacial score (nSPS) is 9.69. The van der Waals surface area contributed by atoms with E-state index in [4.69, 9.17) is 5.11 Å². The SMILES string of the molecule is Cc1csc(NC(=O)NCCO)n1. The van der Waals surface area contributed by atoms with Gasteiger partial charge in [-0.15, -0.1) is 11.3 Å². The summed E-state index contributed by atoms with van der Waals surface area (Å²) in [7, 11) is 0. The Balaban J connectivity index is 2.36. The Morgan fingerprint density at radius 3 is 3.08 bits per heavy atom. The number of aryl methyl sites for hydroxylation is 1. The number of aromatic nitrogens is 1. The molecular weight excluding hydrogens is 190 g/mol. The topological polar surface area (TPSA) is 74.2 Å². The largest absolute Gasteiger partial charge is 0.395 e. The number of carbonyl (C=O) groups is 1. The average Bonchev–Trinajstić information content (AvgIpc) is 2.48. The van der Waals surface area contributed by atoms with Crippen molar-refractivity contribution in [2.75, 3.05) is 18.5 Å². The van der Waals surface area contributed by atoms with Gasteiger partial charge in [-0.25, -0.2) is 9.78 Å². The van der Waals surface area contributed by atoms with Crippen LogP contribution in [0.2, 0.25) is 0 Å². The fourth-order valence-corrected chi connectivity index (χ4v) is 1.41. The van der Waals surface area contributed by atoms with Gasteiger partial charge in [0.1, 0.15) is 0 Å². The second kappa shape index (κ2) is 4.78. The fourth-order valence-electron chi connectivity index (χ4n) is 0.722. The summed E-state index contributed by atoms with van der Waals surface area (Å²) in [5.74, 6) is 0. The summed E-state index contributed by atoms with van der Waals surface area (Å²) in [5.41, 5.74) is 0.877. The summed E-state index contributed by atoms with van der Waals surface area (Å²) in [4.78, 5) is 15.1. The number of aliphatic hydroxyl groups excluding tert-OH is 1. The van der Waals surface area contributed by atoms with Crippen LogP contribution in [0.15, 0.2) is 5.38 Å². The second-order valence-electron chi connectivity index (χ2n) is 2.40. The van der Waals surface area contributed by atoms with E-state index in [1.165, 1.54) is 11.3 Å². The first-order valence-corrected chi connectivity index (χ1v) is 4.68. The molecule has 5 nitrogen and oxygen atoms in total. The lowest BCUT2D eigenvalue weighted by molar-refractivity contribution is 0.245. The quantitative estimate of drug-likeness (QED) is 0.669. The van der Waals surface area contributed by atoms with Gasteiger partial charge >= 0.3 is 6.03 Å². The van der Waals surface area contributed by atoms with Gasteiger partial charge in [-0.1, -0.05) is 0 Å². The van der Waals surface area contributed by atoms with Gasteiger partial charge in [0.25, 0.3) is 0 Å². The Morgan fingerprint density at radius 1 is 1.77 bits per heavy atom. The first-order valence-electron chi connectivity index (χ1n) is 3.80. The van der Waals surface area contributed by atoms with Gasteiger partial charge < -0.3 is 10.4 Å². The van der Waals surface area contributed by atoms with Crippen molar-refractivity contribution >= 4 is 22.5 Å². The molecule has 0 saturated heterocycles. The third-order valence-corrected chi connectivity index (χ3v) is 2.11. The predicted octanol–water partition coefficient (Wildman–Crippen LogP) is 0.565. The lowest BCUT2D eigenvalue weighted by Gasteiger charge is -2.01. The molecular formula is C7H11N3O2S. The standard InChI is InChI=1S/C7H11N3O2S/c1-5-4-13-7(9-5)10-6(12)8-2-3-11/h4,11H,2-3H2,1H3,(H2,8,9,10,12). The third-order valence-electron chi connectivity index (χ3n) is 1.24. The molecule has 2 amide bonds. The molecule has 0 aromatic carbocycles. The Bertz CT molecular complexity index is 287. The average molecular weight is 201 g/mol. The van der Waals surface area contributed by atoms with Crippen LogP contribution < -0.4 is 10.6 Å². The van der Waals surface area contributed by atoms with Crippen molar-refractivity contribution in [2.24, 2.45) is 0 Å². The van der Waals surface area contributed by atoms with Crippen LogP contribution >= 0.6 is 11.3 Å². The number of nitrogens with zero attached hydrogens (tertiary/aromatic N) is 1. The molecule has 1 aromatic heterocycles. The molecule has 0 unspecified atom stereocenters. The third kappa shape index (κ3) is 3.39. The molecule has 72 valence electrons. The molecule has 0 aliphatic rings. The van der Waals surface area contributed by atoms with Crippen LogP contribution in [0.5, 0.6) is 0 Å². The van der Waals surface area contributed by atoms with E-state index in [1.807, 2.05) is 12.3 Å². The van der Waals surface area contributed by atoms with Gasteiger partial charge in [0.2, 0.25) is 0 Å². The maximum absolute atomic E-state index is 11.0. The molecule has 0 spiro atoms. The minimum absolute atomic E-state index is 0.0652. The molecule has 0 atom stereocenters. The van der Waals surface area contributed by atoms with Gasteiger partial charge in [0, 0.05) is 11.9 Å². The van der Waals surface area contributed by atoms with E-state index < -0.39 is 0 Å². The molecule has 0 aliphatic heterocycles. The van der Waals surface area contributed by atoms with Gasteiger partial charge in [-0.3, -0.25) is 5.32 Å². The highest BCUT2D eigenvalue weighted by atomic mass is 32.1. The smallest absolute Gasteiger partial charge is 0.321 e. The van der Waals surface area contributed by atoms with Gasteiger partial charge in [-0.2, -0.15) is 0 Å². The molecule has 0 bridgehead atoms. The number of aliphatic hydroxyl groups is 1. The van der Waals surface area contributed by atoms with Crippen LogP contribution in [0, 0.1) is 6.92 Å². The van der Waals surface area contributed by atoms with Crippen LogP contribution in [-0.4, -0.2) is 29.3 Å². The Hall–Kier alpha value is -1.14. The van der Waals surface area contributed by atoms with E-state index in [0.717, 1.165) is 5.69 Å². The first-order chi connectivity index (χ1) is 6.22. The molecule has 0 fully saturated rings. The first kappa shape index (κ1) is 9.94. The van der Waals surface area contributed by atoms with E-state index in [0.29, 0.717) is 5.13 Å². The summed E-state index contributed by atoms with van der Waals surface area (Å²) < 4.78 is 0. The molecule has 13 heavy (non-hydrogen) atoms. The minimum Gasteiger partial charge on any atom is -0.395 e. The molecule has 3 N–H and O–H groups in total. The lowest BCUT2D eigenvalue weighted by Crippen LogP contribution is -2.30. The summed E-state index contributed by atoms with van der Waals surface area (Å²) in [6.45, 7) is 2.04. The fraction of sp³-hybridized carbons (Fsp3) is 0.429. The van der Waals surface area contributed by atoms with Gasteiger partial charge in [0.05, 0.1) is 12.3 Å². The van der Waals surface area contributed by atoms with Crippen LogP contribution in [0.4, 0.5) is 9.93 Å². The van der Waals surface area contributed by atoms with Crippen LogP contribution in [0.25, 0.3) is 0 Å². The minimum atomic E-state index is -0.344. The number of nitrogens with one attached hydrogen (secondary N) is 2. The van der Waals surface area contributed by atoms with Gasteiger partial charge in [0.15, 0.2) is 5.13 Å². The zero-order valence-corrected chi connectivity index (χ0v) is 8.02. The maximum atomic E-state index is 11.0. The number of thiazole rings is 1. The van der Waals surface area contributed by atoms with Gasteiger partial charge in [-0.05, 0) is 6.92 Å². The lowest BCUT2D eigenvalue weighted by atomic mass is 10.6. The van der Waals surface area contributed by atoms with E-state index in [2.05, 4.69) is 15.6 Å². The van der Waals surface area contributed by atoms with Crippen molar-refractivity contribution in [2.45, 2.75) is 6.92 Å². The summed E-state index contributed by atoms with van der Waals surface area (Å²) in [5, 5.41) is 15.8. The summed E-state index contributed by atoms with van der Waals surface area (Å²) in [6.07, 6.45) is 0. The molecule has 6 heteroatoms. The monoisotopic (exact) mass is 201 g/mol. The van der Waals surface area contributed by atoms with E-state index >= 15 is 0 Å². The van der Waals surface area contributed by atoms with Crippen LogP contribution in [0.3, 0.4) is 0 Å². The molecule has 1 rings (SSSR count). The highest BCUT2D eigenvalue weighted by Gasteiger charge is 2.02. The number of carbonyl (C=O) groups excluding carboxylic acids is 1. The highest BCUT2D eigenvalue weighted by molar-refractivity contribution is 7.13. The van der Waals surface area contributed by atoms with E-state index in [-0.39, 0.29) is 19.2 Å². The molecule has 1 aromatic rings. The Labute approximate surface area is 79.8 Å². The van der Waals surface area contributed by atoms with E-state index in [9.17, 15) is 4.79 Å². The van der Waals surface area contributed by atoms with E-state index in [1.54, 1.807) is 0 Å². The predicted molar refractivity (Wildman–Crippen MR) is 51.0 cm³/mol. The maximum Gasteiger partial charge on any atom is 0.321 e. The van der Waals surface area contributed by atoms with Crippen molar-refractivity contribution in [3.8, 4) is 0 Å². The number of urea groups is 1. The molecule has 0 radical (unpaired) electrons. The van der Waals surface area contributed by atoms with Crippen molar-refractivity contribution in [1.29, 1.82) is 0 Å². The van der Waals surface area contributed by atoms with Crippen molar-refractivity contribution in [3.63, 3.8) is 0 Å². The summed E-state index contributed by atoms with van der Waals surface area (Å²) >= 11 is 1.37. The van der Waals surface area contributed by atoms with Crippen molar-refractivity contribution in [3.05, 3.63) is 11.1 Å². The number of amides is 2. The Kier molecular flexibility index (Phi) is 3.66. The number of hydrogen-bond acceptors (Lipinski definition) is 4.